The summed E-state index contributed by atoms with van der Waals surface area (Å²) in [6.07, 6.45) is 1.29. The van der Waals surface area contributed by atoms with E-state index in [0.29, 0.717) is 24.5 Å². The number of thioether (sulfide) groups is 1. The first kappa shape index (κ1) is 23.8. The number of amides is 1. The summed E-state index contributed by atoms with van der Waals surface area (Å²) < 4.78 is 2.99. The van der Waals surface area contributed by atoms with Crippen LogP contribution in [0.25, 0.3) is 10.2 Å². The van der Waals surface area contributed by atoms with Gasteiger partial charge in [0.05, 0.1) is 22.5 Å². The quantitative estimate of drug-likeness (QED) is 0.191. The van der Waals surface area contributed by atoms with Gasteiger partial charge in [-0.05, 0) is 68.8 Å². The van der Waals surface area contributed by atoms with Crippen molar-refractivity contribution >= 4 is 56.0 Å². The van der Waals surface area contributed by atoms with Crippen molar-refractivity contribution in [2.24, 2.45) is 0 Å². The molecule has 8 heteroatoms. The molecule has 2 aromatic carbocycles. The molecule has 0 radical (unpaired) electrons. The Morgan fingerprint density at radius 3 is 2.67 bits per heavy atom. The molecule has 4 rings (SSSR count). The first-order valence-corrected chi connectivity index (χ1v) is 13.2. The fraction of sp³-hybridized carbons (Fsp3) is 0.320. The molecule has 0 aliphatic heterocycles. The van der Waals surface area contributed by atoms with Gasteiger partial charge in [0.25, 0.3) is 0 Å². The maximum Gasteiger partial charge on any atom is 0.228 e. The van der Waals surface area contributed by atoms with Gasteiger partial charge < -0.3 is 0 Å². The van der Waals surface area contributed by atoms with E-state index in [1.54, 1.807) is 11.8 Å². The Balaban J connectivity index is 1.49. The van der Waals surface area contributed by atoms with Crippen LogP contribution in [0, 0.1) is 20.8 Å². The van der Waals surface area contributed by atoms with Crippen LogP contribution in [0.1, 0.15) is 29.8 Å². The number of aryl methyl sites for hydroxylation is 3. The van der Waals surface area contributed by atoms with Crippen LogP contribution in [0.4, 0.5) is 5.13 Å². The van der Waals surface area contributed by atoms with E-state index in [4.69, 9.17) is 16.6 Å². The predicted octanol–water partition coefficient (Wildman–Crippen LogP) is 6.68. The van der Waals surface area contributed by atoms with Crippen LogP contribution in [0.15, 0.2) is 53.4 Å². The second-order valence-electron chi connectivity index (χ2n) is 7.98. The molecule has 172 valence electrons. The molecule has 0 atom stereocenters. The highest BCUT2D eigenvalue weighted by Crippen LogP contribution is 2.34. The molecular weight excluding hydrogens is 472 g/mol. The molecule has 5 nitrogen and oxygen atoms in total. The van der Waals surface area contributed by atoms with E-state index in [0.717, 1.165) is 44.5 Å². The number of benzene rings is 2. The van der Waals surface area contributed by atoms with Gasteiger partial charge >= 0.3 is 0 Å². The Hall–Kier alpha value is -2.35. The molecule has 4 aromatic rings. The van der Waals surface area contributed by atoms with Crippen molar-refractivity contribution in [3.05, 3.63) is 70.5 Å². The second-order valence-corrected chi connectivity index (χ2v) is 10.6. The van der Waals surface area contributed by atoms with Gasteiger partial charge in [-0.3, -0.25) is 14.4 Å². The molecule has 0 saturated heterocycles. The van der Waals surface area contributed by atoms with Gasteiger partial charge in [0.15, 0.2) is 5.13 Å². The number of halogens is 1. The van der Waals surface area contributed by atoms with E-state index >= 15 is 0 Å². The molecule has 2 aromatic heterocycles. The SMILES string of the molecule is Cc1cc(C)n(CCN(C(=O)CCCSc2ccccc2)c2nc3c(C)c(Cl)ccc3s2)n1. The van der Waals surface area contributed by atoms with Crippen LogP contribution in [0.2, 0.25) is 5.02 Å². The molecule has 0 unspecified atom stereocenters. The summed E-state index contributed by atoms with van der Waals surface area (Å²) >= 11 is 9.62. The molecule has 1 amide bonds. The molecule has 0 aliphatic carbocycles. The number of anilines is 1. The van der Waals surface area contributed by atoms with Crippen LogP contribution in [0.5, 0.6) is 0 Å². The maximum atomic E-state index is 13.3. The van der Waals surface area contributed by atoms with E-state index in [1.807, 2.05) is 60.7 Å². The standard InChI is InChI=1S/C25H27ClN4OS2/c1-17-16-18(2)30(28-17)14-13-29(23(31)10-7-15-32-20-8-5-4-6-9-20)25-27-24-19(3)21(26)11-12-22(24)33-25/h4-6,8-9,11-12,16H,7,10,13-15H2,1-3H3. The lowest BCUT2D eigenvalue weighted by Crippen LogP contribution is -2.34. The van der Waals surface area contributed by atoms with Gasteiger partial charge in [0, 0.05) is 28.6 Å². The molecule has 2 heterocycles. The molecule has 0 saturated carbocycles. The summed E-state index contributed by atoms with van der Waals surface area (Å²) in [5.41, 5.74) is 3.88. The Morgan fingerprint density at radius 2 is 1.94 bits per heavy atom. The third-order valence-electron chi connectivity index (χ3n) is 5.45. The third kappa shape index (κ3) is 5.78. The summed E-state index contributed by atoms with van der Waals surface area (Å²) in [4.78, 5) is 21.2. The number of carbonyl (C=O) groups is 1. The molecule has 0 aliphatic rings. The highest BCUT2D eigenvalue weighted by molar-refractivity contribution is 7.99. The number of thiazole rings is 1. The van der Waals surface area contributed by atoms with Gasteiger partial charge in [-0.25, -0.2) is 4.98 Å². The average Bonchev–Trinajstić information content (AvgIpc) is 3.37. The first-order chi connectivity index (χ1) is 15.9. The zero-order valence-corrected chi connectivity index (χ0v) is 21.4. The fourth-order valence-electron chi connectivity index (χ4n) is 3.69. The summed E-state index contributed by atoms with van der Waals surface area (Å²) in [5, 5.41) is 5.97. The molecule has 33 heavy (non-hydrogen) atoms. The lowest BCUT2D eigenvalue weighted by Gasteiger charge is -2.20. The summed E-state index contributed by atoms with van der Waals surface area (Å²) in [7, 11) is 0. The highest BCUT2D eigenvalue weighted by Gasteiger charge is 2.21. The predicted molar refractivity (Wildman–Crippen MR) is 140 cm³/mol. The van der Waals surface area contributed by atoms with Crippen LogP contribution in [0.3, 0.4) is 0 Å². The zero-order valence-electron chi connectivity index (χ0n) is 19.0. The molecule has 0 fully saturated rings. The number of carbonyl (C=O) groups excluding carboxylic acids is 1. The van der Waals surface area contributed by atoms with Crippen molar-refractivity contribution < 1.29 is 4.79 Å². The summed E-state index contributed by atoms with van der Waals surface area (Å²) in [6, 6.07) is 16.2. The van der Waals surface area contributed by atoms with E-state index in [2.05, 4.69) is 23.3 Å². The van der Waals surface area contributed by atoms with Crippen molar-refractivity contribution in [1.29, 1.82) is 0 Å². The van der Waals surface area contributed by atoms with Crippen molar-refractivity contribution in [3.8, 4) is 0 Å². The van der Waals surface area contributed by atoms with Crippen LogP contribution < -0.4 is 4.90 Å². The molecule has 0 spiro atoms. The van der Waals surface area contributed by atoms with Crippen LogP contribution in [-0.2, 0) is 11.3 Å². The van der Waals surface area contributed by atoms with Crippen molar-refractivity contribution in [2.45, 2.75) is 45.1 Å². The van der Waals surface area contributed by atoms with Gasteiger partial charge in [-0.15, -0.1) is 11.8 Å². The van der Waals surface area contributed by atoms with Crippen molar-refractivity contribution in [1.82, 2.24) is 14.8 Å². The smallest absolute Gasteiger partial charge is 0.228 e. The number of aromatic nitrogens is 3. The largest absolute Gasteiger partial charge is 0.286 e. The zero-order chi connectivity index (χ0) is 23.4. The number of hydrogen-bond donors (Lipinski definition) is 0. The lowest BCUT2D eigenvalue weighted by molar-refractivity contribution is -0.118. The summed E-state index contributed by atoms with van der Waals surface area (Å²) in [5.74, 6) is 0.989. The van der Waals surface area contributed by atoms with E-state index in [-0.39, 0.29) is 5.91 Å². The molecule has 0 N–H and O–H groups in total. The Bertz CT molecular complexity index is 1250. The van der Waals surface area contributed by atoms with Crippen LogP contribution in [-0.4, -0.2) is 33.0 Å². The topological polar surface area (TPSA) is 51.0 Å². The monoisotopic (exact) mass is 498 g/mol. The van der Waals surface area contributed by atoms with Gasteiger partial charge in [-0.2, -0.15) is 5.10 Å². The van der Waals surface area contributed by atoms with E-state index < -0.39 is 0 Å². The Labute approximate surface area is 207 Å². The van der Waals surface area contributed by atoms with E-state index in [1.165, 1.54) is 16.2 Å². The van der Waals surface area contributed by atoms with Crippen molar-refractivity contribution in [2.75, 3.05) is 17.2 Å². The third-order valence-corrected chi connectivity index (χ3v) is 8.01. The number of rotatable bonds is 9. The maximum absolute atomic E-state index is 13.3. The minimum atomic E-state index is 0.0907. The Morgan fingerprint density at radius 1 is 1.15 bits per heavy atom. The average molecular weight is 499 g/mol. The van der Waals surface area contributed by atoms with Crippen molar-refractivity contribution in [3.63, 3.8) is 0 Å². The molecular formula is C25H27ClN4OS2. The normalized spacial score (nSPS) is 11.3. The number of hydrogen-bond acceptors (Lipinski definition) is 5. The minimum absolute atomic E-state index is 0.0907. The van der Waals surface area contributed by atoms with Gasteiger partial charge in [0.2, 0.25) is 5.91 Å². The first-order valence-electron chi connectivity index (χ1n) is 11.0. The number of nitrogens with zero attached hydrogens (tertiary/aromatic N) is 4. The molecule has 0 bridgehead atoms. The fourth-order valence-corrected chi connectivity index (χ4v) is 5.79. The van der Waals surface area contributed by atoms with Gasteiger partial charge in [0.1, 0.15) is 0 Å². The highest BCUT2D eigenvalue weighted by atomic mass is 35.5. The minimum Gasteiger partial charge on any atom is -0.286 e. The van der Waals surface area contributed by atoms with Gasteiger partial charge in [-0.1, -0.05) is 41.1 Å². The number of fused-ring (bicyclic) bond motifs is 1. The second kappa shape index (κ2) is 10.7. The van der Waals surface area contributed by atoms with Crippen LogP contribution >= 0.6 is 34.7 Å². The summed E-state index contributed by atoms with van der Waals surface area (Å²) in [6.45, 7) is 7.14. The lowest BCUT2D eigenvalue weighted by atomic mass is 10.2. The van der Waals surface area contributed by atoms with E-state index in [9.17, 15) is 4.79 Å². The Kier molecular flexibility index (Phi) is 7.73.